The van der Waals surface area contributed by atoms with E-state index in [1.807, 2.05) is 41.4 Å². The molecule has 1 aliphatic carbocycles. The van der Waals surface area contributed by atoms with Crippen LogP contribution in [-0.4, -0.2) is 169 Å². The molecule has 1 aromatic carbocycles. The molecule has 1 saturated carbocycles. The largest absolute Gasteiger partial charge is 0.378 e. The number of amides is 5. The van der Waals surface area contributed by atoms with E-state index in [1.54, 1.807) is 47.9 Å². The molecule has 4 aliphatic rings. The molecule has 19 nitrogen and oxygen atoms in total. The second-order valence-corrected chi connectivity index (χ2v) is 18.0. The van der Waals surface area contributed by atoms with Crippen molar-refractivity contribution in [1.29, 1.82) is 0 Å². The van der Waals surface area contributed by atoms with Gasteiger partial charge in [0.25, 0.3) is 11.8 Å². The van der Waals surface area contributed by atoms with Crippen LogP contribution in [0.3, 0.4) is 0 Å². The van der Waals surface area contributed by atoms with Gasteiger partial charge < -0.3 is 48.4 Å². The zero-order valence-electron chi connectivity index (χ0n) is 37.6. The van der Waals surface area contributed by atoms with Gasteiger partial charge in [-0.25, -0.2) is 9.97 Å². The Morgan fingerprint density at radius 1 is 0.864 bits per heavy atom. The minimum Gasteiger partial charge on any atom is -0.378 e. The van der Waals surface area contributed by atoms with E-state index < -0.39 is 11.9 Å². The highest BCUT2D eigenvalue weighted by Crippen LogP contribution is 2.36. The summed E-state index contributed by atoms with van der Waals surface area (Å²) in [5.41, 5.74) is 3.85. The van der Waals surface area contributed by atoms with Gasteiger partial charge in [-0.15, -0.1) is 11.8 Å². The number of hydrogen-bond acceptors (Lipinski definition) is 15. The SMILES string of the molecule is CN(C)C(=O)c1cc2cnc(Nc3ccc(N4CCN(C(=O)COCCOCCOCCOCCSc5cccc6c5CN(C5CCC(=O)NC5=O)C6=O)CC4)cn3)nc2n1C1CCCC1. The van der Waals surface area contributed by atoms with Crippen LogP contribution in [0.1, 0.15) is 71.0 Å². The average Bonchev–Trinajstić information content (AvgIpc) is 4.07. The Bertz CT molecular complexity index is 2370. The van der Waals surface area contributed by atoms with Crippen LogP contribution < -0.4 is 15.5 Å². The number of benzene rings is 1. The maximum Gasteiger partial charge on any atom is 0.270 e. The lowest BCUT2D eigenvalue weighted by molar-refractivity contribution is -0.138. The van der Waals surface area contributed by atoms with Gasteiger partial charge in [-0.1, -0.05) is 18.9 Å². The first kappa shape index (κ1) is 46.8. The summed E-state index contributed by atoms with van der Waals surface area (Å²) < 4.78 is 24.6. The van der Waals surface area contributed by atoms with Gasteiger partial charge in [-0.2, -0.15) is 4.98 Å². The number of thioether (sulfide) groups is 1. The number of nitrogens with one attached hydrogen (secondary N) is 2. The van der Waals surface area contributed by atoms with E-state index in [1.165, 1.54) is 0 Å². The zero-order valence-corrected chi connectivity index (χ0v) is 38.4. The summed E-state index contributed by atoms with van der Waals surface area (Å²) in [6.07, 6.45) is 8.43. The van der Waals surface area contributed by atoms with Crippen molar-refractivity contribution in [3.8, 4) is 0 Å². The molecule has 6 heterocycles. The molecule has 3 fully saturated rings. The minimum absolute atomic E-state index is 0.00437. The maximum atomic E-state index is 13.1. The number of fused-ring (bicyclic) bond motifs is 2. The fourth-order valence-corrected chi connectivity index (χ4v) is 9.73. The number of pyridine rings is 1. The Balaban J connectivity index is 0.655. The van der Waals surface area contributed by atoms with E-state index in [-0.39, 0.29) is 42.7 Å². The van der Waals surface area contributed by atoms with Crippen LogP contribution in [0.25, 0.3) is 11.0 Å². The summed E-state index contributed by atoms with van der Waals surface area (Å²) in [6.45, 7) is 5.67. The van der Waals surface area contributed by atoms with Crippen molar-refractivity contribution in [2.45, 2.75) is 62.0 Å². The molecule has 3 aromatic heterocycles. The van der Waals surface area contributed by atoms with Crippen LogP contribution in [0.5, 0.6) is 0 Å². The molecule has 0 bridgehead atoms. The predicted molar refractivity (Wildman–Crippen MR) is 246 cm³/mol. The Morgan fingerprint density at radius 3 is 2.29 bits per heavy atom. The molecule has 20 heteroatoms. The molecule has 3 aliphatic heterocycles. The van der Waals surface area contributed by atoms with Crippen molar-refractivity contribution >= 4 is 69.8 Å². The Hall–Kier alpha value is -5.67. The highest BCUT2D eigenvalue weighted by Gasteiger charge is 2.40. The quantitative estimate of drug-likeness (QED) is 0.0696. The van der Waals surface area contributed by atoms with Gasteiger partial charge in [-0.05, 0) is 55.2 Å². The highest BCUT2D eigenvalue weighted by atomic mass is 32.2. The number of aromatic nitrogens is 4. The van der Waals surface area contributed by atoms with E-state index in [4.69, 9.17) is 23.9 Å². The van der Waals surface area contributed by atoms with E-state index in [0.29, 0.717) is 114 Å². The highest BCUT2D eigenvalue weighted by molar-refractivity contribution is 7.99. The number of imide groups is 1. The number of carbonyl (C=O) groups is 5. The fourth-order valence-electron chi connectivity index (χ4n) is 8.78. The summed E-state index contributed by atoms with van der Waals surface area (Å²) in [7, 11) is 3.53. The third-order valence-corrected chi connectivity index (χ3v) is 13.3. The molecule has 1 unspecified atom stereocenters. The van der Waals surface area contributed by atoms with E-state index in [0.717, 1.165) is 52.9 Å². The molecule has 5 amide bonds. The van der Waals surface area contributed by atoms with Crippen molar-refractivity contribution in [3.63, 3.8) is 0 Å². The third kappa shape index (κ3) is 11.3. The first-order valence-corrected chi connectivity index (χ1v) is 23.7. The molecule has 2 N–H and O–H groups in total. The van der Waals surface area contributed by atoms with Crippen molar-refractivity contribution in [1.82, 2.24) is 39.5 Å². The number of piperazine rings is 1. The average molecular weight is 927 g/mol. The molecule has 4 aromatic rings. The van der Waals surface area contributed by atoms with Gasteiger partial charge in [0, 0.05) is 87.1 Å². The van der Waals surface area contributed by atoms with Gasteiger partial charge in [0.15, 0.2) is 0 Å². The second-order valence-electron chi connectivity index (χ2n) is 16.8. The number of nitrogens with zero attached hydrogens (tertiary/aromatic N) is 8. The monoisotopic (exact) mass is 926 g/mol. The van der Waals surface area contributed by atoms with Crippen LogP contribution in [0.15, 0.2) is 53.7 Å². The molecule has 352 valence electrons. The van der Waals surface area contributed by atoms with Gasteiger partial charge in [0.05, 0.1) is 58.1 Å². The van der Waals surface area contributed by atoms with Crippen molar-refractivity contribution in [3.05, 3.63) is 65.6 Å². The van der Waals surface area contributed by atoms with E-state index >= 15 is 0 Å². The molecule has 2 saturated heterocycles. The fraction of sp³-hybridized carbons (Fsp3) is 0.522. The van der Waals surface area contributed by atoms with Crippen LogP contribution >= 0.6 is 11.8 Å². The topological polar surface area (TPSA) is 203 Å². The lowest BCUT2D eigenvalue weighted by atomic mass is 10.0. The number of rotatable bonds is 21. The van der Waals surface area contributed by atoms with Crippen LogP contribution in [0, 0.1) is 0 Å². The molecular weight excluding hydrogens is 869 g/mol. The summed E-state index contributed by atoms with van der Waals surface area (Å²) in [6, 6.07) is 11.0. The van der Waals surface area contributed by atoms with Crippen molar-refractivity contribution in [2.24, 2.45) is 0 Å². The normalized spacial score (nSPS) is 17.8. The van der Waals surface area contributed by atoms with Gasteiger partial charge >= 0.3 is 0 Å². The number of piperidine rings is 1. The standard InChI is InChI=1S/C46H58N10O9S/c1-52(2)45(61)37-26-31-27-48-46(51-42(31)56(37)32-6-3-4-7-32)49-39-12-10-33(28-47-39)53-14-16-54(17-15-53)41(58)30-65-23-22-63-19-18-62-20-21-64-24-25-66-38-9-5-8-34-35(38)29-55(44(34)60)36-11-13-40(57)50-43(36)59/h5,8-10,12,26-28,32,36H,3-4,6-7,11,13-25,29-30H2,1-2H3,(H,50,57,59)(H,47,48,49,51). The first-order valence-electron chi connectivity index (χ1n) is 22.7. The maximum absolute atomic E-state index is 13.1. The van der Waals surface area contributed by atoms with Crippen LogP contribution in [0.2, 0.25) is 0 Å². The van der Waals surface area contributed by atoms with Gasteiger partial charge in [0.1, 0.15) is 29.8 Å². The zero-order chi connectivity index (χ0) is 46.0. The lowest BCUT2D eigenvalue weighted by Crippen LogP contribution is -2.52. The number of ether oxygens (including phenoxy) is 4. The molecule has 0 radical (unpaired) electrons. The smallest absolute Gasteiger partial charge is 0.270 e. The van der Waals surface area contributed by atoms with Crippen molar-refractivity contribution in [2.75, 3.05) is 109 Å². The molecular formula is C46H58N10O9S. The van der Waals surface area contributed by atoms with Gasteiger partial charge in [-0.3, -0.25) is 29.3 Å². The second kappa shape index (κ2) is 22.2. The summed E-state index contributed by atoms with van der Waals surface area (Å²) in [4.78, 5) is 85.0. The molecule has 1 atom stereocenters. The Kier molecular flexibility index (Phi) is 15.8. The lowest BCUT2D eigenvalue weighted by Gasteiger charge is -2.36. The number of carbonyl (C=O) groups excluding carboxylic acids is 5. The molecule has 8 rings (SSSR count). The van der Waals surface area contributed by atoms with E-state index in [2.05, 4.69) is 30.1 Å². The summed E-state index contributed by atoms with van der Waals surface area (Å²) in [5.74, 6) is 0.711. The first-order chi connectivity index (χ1) is 32.1. The van der Waals surface area contributed by atoms with Crippen LogP contribution in [0.4, 0.5) is 17.5 Å². The van der Waals surface area contributed by atoms with E-state index in [9.17, 15) is 24.0 Å². The molecule has 66 heavy (non-hydrogen) atoms. The Labute approximate surface area is 387 Å². The van der Waals surface area contributed by atoms with Crippen molar-refractivity contribution < 1.29 is 42.9 Å². The number of anilines is 3. The predicted octanol–water partition coefficient (Wildman–Crippen LogP) is 3.66. The van der Waals surface area contributed by atoms with Crippen LogP contribution in [-0.2, 0) is 39.9 Å². The summed E-state index contributed by atoms with van der Waals surface area (Å²) >= 11 is 1.60. The molecule has 0 spiro atoms. The third-order valence-electron chi connectivity index (χ3n) is 12.2. The number of hydrogen-bond donors (Lipinski definition) is 2. The summed E-state index contributed by atoms with van der Waals surface area (Å²) in [5, 5.41) is 6.40. The van der Waals surface area contributed by atoms with Gasteiger partial charge in [0.2, 0.25) is 23.7 Å². The Morgan fingerprint density at radius 2 is 1.59 bits per heavy atom. The minimum atomic E-state index is -0.635.